The Morgan fingerprint density at radius 1 is 1.12 bits per heavy atom. The summed E-state index contributed by atoms with van der Waals surface area (Å²) in [6.45, 7) is 4.34. The number of carbonyl (C=O) groups excluding carboxylic acids is 1. The van der Waals surface area contributed by atoms with Crippen LogP contribution >= 0.6 is 11.6 Å². The molecule has 7 nitrogen and oxygen atoms in total. The SMILES string of the molecule is CC[C@@H](C)CCCCS(=N)(=O)c1ccc(NC(=O)c2ccc(Cl)cc2N(C)S(C)(=O)=O)cc1. The van der Waals surface area contributed by atoms with E-state index in [1.54, 1.807) is 24.3 Å². The molecule has 33 heavy (non-hydrogen) atoms. The van der Waals surface area contributed by atoms with E-state index in [9.17, 15) is 17.4 Å². The van der Waals surface area contributed by atoms with Crippen LogP contribution in [0, 0.1) is 10.7 Å². The molecule has 2 N–H and O–H groups in total. The summed E-state index contributed by atoms with van der Waals surface area (Å²) < 4.78 is 46.0. The van der Waals surface area contributed by atoms with Crippen LogP contribution in [0.5, 0.6) is 0 Å². The van der Waals surface area contributed by atoms with Crippen molar-refractivity contribution < 1.29 is 17.4 Å². The van der Waals surface area contributed by atoms with Gasteiger partial charge in [-0.2, -0.15) is 0 Å². The molecule has 2 aromatic carbocycles. The summed E-state index contributed by atoms with van der Waals surface area (Å²) in [5.74, 6) is 0.427. The Morgan fingerprint density at radius 3 is 2.33 bits per heavy atom. The van der Waals surface area contributed by atoms with E-state index in [2.05, 4.69) is 19.2 Å². The zero-order valence-electron chi connectivity index (χ0n) is 19.4. The van der Waals surface area contributed by atoms with Gasteiger partial charge in [-0.3, -0.25) is 9.10 Å². The molecule has 182 valence electrons. The minimum Gasteiger partial charge on any atom is -0.322 e. The lowest BCUT2D eigenvalue weighted by Crippen LogP contribution is -2.27. The van der Waals surface area contributed by atoms with E-state index in [1.807, 2.05) is 0 Å². The number of amides is 1. The number of hydrogen-bond acceptors (Lipinski definition) is 5. The molecular weight excluding hydrogens is 482 g/mol. The van der Waals surface area contributed by atoms with Crippen molar-refractivity contribution >= 4 is 48.6 Å². The first-order valence-electron chi connectivity index (χ1n) is 10.8. The molecule has 0 saturated carbocycles. The number of benzene rings is 2. The van der Waals surface area contributed by atoms with E-state index in [1.165, 1.54) is 25.2 Å². The molecule has 1 amide bonds. The second-order valence-corrected chi connectivity index (χ2v) is 12.9. The maximum Gasteiger partial charge on any atom is 0.257 e. The smallest absolute Gasteiger partial charge is 0.257 e. The predicted molar refractivity (Wildman–Crippen MR) is 136 cm³/mol. The van der Waals surface area contributed by atoms with Crippen LogP contribution < -0.4 is 9.62 Å². The van der Waals surface area contributed by atoms with Crippen LogP contribution in [0.4, 0.5) is 11.4 Å². The molecule has 0 bridgehead atoms. The van der Waals surface area contributed by atoms with Crippen molar-refractivity contribution in [1.82, 2.24) is 0 Å². The summed E-state index contributed by atoms with van der Waals surface area (Å²) in [5, 5.41) is 3.02. The molecule has 0 aromatic heterocycles. The second kappa shape index (κ2) is 11.4. The van der Waals surface area contributed by atoms with Crippen LogP contribution in [0.2, 0.25) is 5.02 Å². The fourth-order valence-corrected chi connectivity index (χ4v) is 5.31. The third-order valence-corrected chi connectivity index (χ3v) is 8.93. The Kier molecular flexibility index (Phi) is 9.34. The number of halogens is 1. The number of nitrogens with zero attached hydrogens (tertiary/aromatic N) is 1. The summed E-state index contributed by atoms with van der Waals surface area (Å²) in [6.07, 6.45) is 4.91. The van der Waals surface area contributed by atoms with Crippen molar-refractivity contribution in [2.45, 2.75) is 44.4 Å². The van der Waals surface area contributed by atoms with Gasteiger partial charge in [-0.05, 0) is 54.8 Å². The summed E-state index contributed by atoms with van der Waals surface area (Å²) in [7, 11) is -5.15. The van der Waals surface area contributed by atoms with Crippen LogP contribution in [0.1, 0.15) is 49.9 Å². The number of sulfonamides is 1. The topological polar surface area (TPSA) is 107 Å². The first-order valence-corrected chi connectivity index (χ1v) is 14.7. The van der Waals surface area contributed by atoms with Crippen molar-refractivity contribution in [3.8, 4) is 0 Å². The first kappa shape index (κ1) is 27.1. The molecule has 0 aliphatic rings. The van der Waals surface area contributed by atoms with Crippen molar-refractivity contribution in [2.75, 3.05) is 28.7 Å². The summed E-state index contributed by atoms with van der Waals surface area (Å²) in [6, 6.07) is 10.7. The van der Waals surface area contributed by atoms with E-state index in [0.717, 1.165) is 36.2 Å². The van der Waals surface area contributed by atoms with E-state index in [-0.39, 0.29) is 11.3 Å². The molecule has 0 aliphatic heterocycles. The van der Waals surface area contributed by atoms with Gasteiger partial charge in [0.25, 0.3) is 5.91 Å². The molecule has 10 heteroatoms. The molecule has 0 fully saturated rings. The highest BCUT2D eigenvalue weighted by atomic mass is 35.5. The van der Waals surface area contributed by atoms with Gasteiger partial charge in [0, 0.05) is 28.4 Å². The number of carbonyl (C=O) groups is 1. The fraction of sp³-hybridized carbons (Fsp3) is 0.435. The Morgan fingerprint density at radius 2 is 1.76 bits per heavy atom. The lowest BCUT2D eigenvalue weighted by Gasteiger charge is -2.20. The molecule has 2 rings (SSSR count). The largest absolute Gasteiger partial charge is 0.322 e. The van der Waals surface area contributed by atoms with Crippen molar-refractivity contribution in [2.24, 2.45) is 5.92 Å². The summed E-state index contributed by atoms with van der Waals surface area (Å²) in [4.78, 5) is 13.3. The minimum atomic E-state index is -3.60. The van der Waals surface area contributed by atoms with Crippen molar-refractivity contribution in [3.05, 3.63) is 53.1 Å². The van der Waals surface area contributed by atoms with Gasteiger partial charge in [0.1, 0.15) is 0 Å². The average Bonchev–Trinajstić information content (AvgIpc) is 2.75. The number of rotatable bonds is 11. The normalized spacial score (nSPS) is 14.3. The van der Waals surface area contributed by atoms with E-state index >= 15 is 0 Å². The Labute approximate surface area is 202 Å². The maximum absolute atomic E-state index is 12.8. The molecule has 1 unspecified atom stereocenters. The quantitative estimate of drug-likeness (QED) is 0.380. The molecule has 0 radical (unpaired) electrons. The van der Waals surface area contributed by atoms with Gasteiger partial charge in [-0.25, -0.2) is 17.4 Å². The number of nitrogens with one attached hydrogen (secondary N) is 2. The fourth-order valence-electron chi connectivity index (χ4n) is 3.21. The zero-order chi connectivity index (χ0) is 24.8. The molecule has 2 atom stereocenters. The van der Waals surface area contributed by atoms with Crippen LogP contribution in [0.25, 0.3) is 0 Å². The lowest BCUT2D eigenvalue weighted by molar-refractivity contribution is 0.102. The Balaban J connectivity index is 2.12. The highest BCUT2D eigenvalue weighted by molar-refractivity contribution is 7.92. The molecule has 2 aromatic rings. The van der Waals surface area contributed by atoms with Crippen molar-refractivity contribution in [1.29, 1.82) is 4.78 Å². The minimum absolute atomic E-state index is 0.141. The van der Waals surface area contributed by atoms with Gasteiger partial charge in [-0.1, -0.05) is 44.7 Å². The molecule has 0 spiro atoms. The summed E-state index contributed by atoms with van der Waals surface area (Å²) in [5.41, 5.74) is 0.742. The van der Waals surface area contributed by atoms with Gasteiger partial charge in [-0.15, -0.1) is 0 Å². The van der Waals surface area contributed by atoms with Gasteiger partial charge in [0.15, 0.2) is 0 Å². The Hall–Kier alpha value is -2.10. The van der Waals surface area contributed by atoms with Gasteiger partial charge >= 0.3 is 0 Å². The third-order valence-electron chi connectivity index (χ3n) is 5.61. The number of unbranched alkanes of at least 4 members (excludes halogenated alkanes) is 1. The molecule has 0 saturated heterocycles. The highest BCUT2D eigenvalue weighted by Gasteiger charge is 2.21. The highest BCUT2D eigenvalue weighted by Crippen LogP contribution is 2.27. The second-order valence-electron chi connectivity index (χ2n) is 8.26. The van der Waals surface area contributed by atoms with Crippen LogP contribution in [0.3, 0.4) is 0 Å². The van der Waals surface area contributed by atoms with Crippen LogP contribution in [-0.4, -0.2) is 37.6 Å². The van der Waals surface area contributed by atoms with Gasteiger partial charge in [0.2, 0.25) is 10.0 Å². The van der Waals surface area contributed by atoms with Crippen molar-refractivity contribution in [3.63, 3.8) is 0 Å². The maximum atomic E-state index is 12.8. The number of anilines is 2. The molecule has 0 aliphatic carbocycles. The molecule has 0 heterocycles. The van der Waals surface area contributed by atoms with E-state index in [4.69, 9.17) is 16.4 Å². The monoisotopic (exact) mass is 513 g/mol. The zero-order valence-corrected chi connectivity index (χ0v) is 21.8. The van der Waals surface area contributed by atoms with Crippen LogP contribution in [-0.2, 0) is 19.8 Å². The standard InChI is InChI=1S/C23H32ClN3O4S2/c1-5-17(2)8-6-7-15-33(25,31)20-12-10-19(11-13-20)26-23(28)21-14-9-18(24)16-22(21)27(3)32(4,29)30/h9-14,16-17,25H,5-8,15H2,1-4H3,(H,26,28)/t17-,33?/m1/s1. The lowest BCUT2D eigenvalue weighted by atomic mass is 10.0. The van der Waals surface area contributed by atoms with E-state index in [0.29, 0.717) is 27.3 Å². The third kappa shape index (κ3) is 7.72. The van der Waals surface area contributed by atoms with Gasteiger partial charge in [0.05, 0.1) is 27.2 Å². The number of hydrogen-bond donors (Lipinski definition) is 2. The Bertz CT molecular complexity index is 1180. The average molecular weight is 514 g/mol. The predicted octanol–water partition coefficient (Wildman–Crippen LogP) is 5.61. The first-order chi connectivity index (χ1) is 15.3. The van der Waals surface area contributed by atoms with Gasteiger partial charge < -0.3 is 5.32 Å². The van der Waals surface area contributed by atoms with Crippen LogP contribution in [0.15, 0.2) is 47.4 Å². The summed E-state index contributed by atoms with van der Waals surface area (Å²) >= 11 is 6.01. The molecular formula is C23H32ClN3O4S2. The van der Waals surface area contributed by atoms with E-state index < -0.39 is 25.7 Å².